The maximum atomic E-state index is 13.1. The van der Waals surface area contributed by atoms with Crippen LogP contribution in [0.15, 0.2) is 45.1 Å². The summed E-state index contributed by atoms with van der Waals surface area (Å²) in [7, 11) is 0. The van der Waals surface area contributed by atoms with Crippen LogP contribution in [0.3, 0.4) is 0 Å². The van der Waals surface area contributed by atoms with Gasteiger partial charge in [-0.15, -0.1) is 0 Å². The van der Waals surface area contributed by atoms with Crippen LogP contribution in [-0.2, 0) is 14.3 Å². The zero-order valence-corrected chi connectivity index (χ0v) is 16.6. The minimum Gasteiger partial charge on any atom is -0.459 e. The standard InChI is InChI=1S/C20H20N4O7/c1-10-14(19(26)31-9-11-5-4-8-30-11)15(12-6-2-3-7-13(12)24(28)29)16-17(21-10)22-20(27)23-18(16)25/h2-3,6-7,11,15H,4-5,8-9H2,1H3,(H3,21,22,23,25,27). The lowest BCUT2D eigenvalue weighted by atomic mass is 9.81. The highest BCUT2D eigenvalue weighted by Gasteiger charge is 2.39. The maximum Gasteiger partial charge on any atom is 0.336 e. The van der Waals surface area contributed by atoms with Gasteiger partial charge in [-0.2, -0.15) is 0 Å². The fourth-order valence-corrected chi connectivity index (χ4v) is 3.99. The third-order valence-corrected chi connectivity index (χ3v) is 5.36. The van der Waals surface area contributed by atoms with Crippen molar-refractivity contribution in [3.63, 3.8) is 0 Å². The van der Waals surface area contributed by atoms with Crippen molar-refractivity contribution in [1.29, 1.82) is 0 Å². The van der Waals surface area contributed by atoms with Gasteiger partial charge in [0.1, 0.15) is 12.4 Å². The molecule has 1 aromatic heterocycles. The zero-order valence-electron chi connectivity index (χ0n) is 16.6. The van der Waals surface area contributed by atoms with Gasteiger partial charge in [0.25, 0.3) is 11.2 Å². The van der Waals surface area contributed by atoms with E-state index in [0.29, 0.717) is 12.3 Å². The number of aromatic nitrogens is 2. The van der Waals surface area contributed by atoms with Gasteiger partial charge >= 0.3 is 11.7 Å². The Kier molecular flexibility index (Phi) is 5.42. The number of fused-ring (bicyclic) bond motifs is 1. The molecule has 0 amide bonds. The number of allylic oxidation sites excluding steroid dienone is 1. The Hall–Kier alpha value is -3.73. The Morgan fingerprint density at radius 2 is 2.06 bits per heavy atom. The second-order valence-corrected chi connectivity index (χ2v) is 7.34. The van der Waals surface area contributed by atoms with Crippen LogP contribution in [0.25, 0.3) is 0 Å². The van der Waals surface area contributed by atoms with Crippen molar-refractivity contribution in [2.75, 3.05) is 18.5 Å². The topological polar surface area (TPSA) is 156 Å². The number of ether oxygens (including phenoxy) is 2. The Balaban J connectivity index is 1.84. The SMILES string of the molecule is CC1=C(C(=O)OCC2CCCO2)C(c2ccccc2[N+](=O)[O-])c2c([nH]c(=O)[nH]c2=O)N1. The molecular formula is C20H20N4O7. The van der Waals surface area contributed by atoms with Crippen LogP contribution in [0.4, 0.5) is 11.5 Å². The second-order valence-electron chi connectivity index (χ2n) is 7.34. The molecule has 31 heavy (non-hydrogen) atoms. The first-order valence-corrected chi connectivity index (χ1v) is 9.73. The van der Waals surface area contributed by atoms with Crippen molar-refractivity contribution in [3.8, 4) is 0 Å². The number of carbonyl (C=O) groups excluding carboxylic acids is 1. The maximum absolute atomic E-state index is 13.1. The zero-order chi connectivity index (χ0) is 22.1. The highest BCUT2D eigenvalue weighted by Crippen LogP contribution is 2.42. The van der Waals surface area contributed by atoms with E-state index >= 15 is 0 Å². The average molecular weight is 428 g/mol. The van der Waals surface area contributed by atoms with Crippen LogP contribution in [0.5, 0.6) is 0 Å². The third-order valence-electron chi connectivity index (χ3n) is 5.36. The van der Waals surface area contributed by atoms with E-state index in [1.165, 1.54) is 18.2 Å². The number of nitro groups is 1. The van der Waals surface area contributed by atoms with Crippen LogP contribution in [0, 0.1) is 10.1 Å². The molecule has 2 aliphatic heterocycles. The highest BCUT2D eigenvalue weighted by molar-refractivity contribution is 5.94. The third kappa shape index (κ3) is 3.87. The van der Waals surface area contributed by atoms with E-state index < -0.39 is 28.1 Å². The van der Waals surface area contributed by atoms with Gasteiger partial charge in [-0.3, -0.25) is 24.9 Å². The first-order chi connectivity index (χ1) is 14.9. The summed E-state index contributed by atoms with van der Waals surface area (Å²) in [5, 5.41) is 14.5. The molecule has 11 heteroatoms. The molecule has 162 valence electrons. The molecule has 0 saturated carbocycles. The van der Waals surface area contributed by atoms with Gasteiger partial charge in [0.15, 0.2) is 0 Å². The number of aromatic amines is 2. The van der Waals surface area contributed by atoms with E-state index in [1.807, 2.05) is 0 Å². The van der Waals surface area contributed by atoms with E-state index in [1.54, 1.807) is 13.0 Å². The van der Waals surface area contributed by atoms with Gasteiger partial charge in [-0.1, -0.05) is 18.2 Å². The first kappa shape index (κ1) is 20.5. The normalized spacial score (nSPS) is 20.2. The molecule has 1 saturated heterocycles. The minimum atomic E-state index is -1.12. The fourth-order valence-electron chi connectivity index (χ4n) is 3.99. The van der Waals surface area contributed by atoms with E-state index in [-0.39, 0.29) is 40.9 Å². The molecule has 0 bridgehead atoms. The number of hydrogen-bond donors (Lipinski definition) is 3. The van der Waals surface area contributed by atoms with Crippen molar-refractivity contribution in [2.45, 2.75) is 31.8 Å². The van der Waals surface area contributed by atoms with Gasteiger partial charge in [-0.25, -0.2) is 9.59 Å². The molecule has 3 heterocycles. The summed E-state index contributed by atoms with van der Waals surface area (Å²) >= 11 is 0. The largest absolute Gasteiger partial charge is 0.459 e. The fraction of sp³-hybridized carbons (Fsp3) is 0.350. The lowest BCUT2D eigenvalue weighted by Crippen LogP contribution is -2.35. The predicted octanol–water partition coefficient (Wildman–Crippen LogP) is 1.52. The summed E-state index contributed by atoms with van der Waals surface area (Å²) in [6.07, 6.45) is 1.43. The molecule has 0 spiro atoms. The summed E-state index contributed by atoms with van der Waals surface area (Å²) in [5.41, 5.74) is -1.27. The first-order valence-electron chi connectivity index (χ1n) is 9.73. The molecular weight excluding hydrogens is 408 g/mol. The molecule has 1 fully saturated rings. The number of carbonyl (C=O) groups is 1. The van der Waals surface area contributed by atoms with E-state index in [4.69, 9.17) is 9.47 Å². The number of anilines is 1. The summed E-state index contributed by atoms with van der Waals surface area (Å²) in [6, 6.07) is 5.84. The lowest BCUT2D eigenvalue weighted by Gasteiger charge is -2.28. The highest BCUT2D eigenvalue weighted by atomic mass is 16.6. The van der Waals surface area contributed by atoms with Crippen LogP contribution < -0.4 is 16.6 Å². The molecule has 11 nitrogen and oxygen atoms in total. The molecule has 0 radical (unpaired) electrons. The summed E-state index contributed by atoms with van der Waals surface area (Å²) in [4.78, 5) is 53.3. The Bertz CT molecular complexity index is 1190. The van der Waals surface area contributed by atoms with Crippen LogP contribution >= 0.6 is 0 Å². The summed E-state index contributed by atoms with van der Waals surface area (Å²) < 4.78 is 10.9. The number of para-hydroxylation sites is 1. The smallest absolute Gasteiger partial charge is 0.336 e. The van der Waals surface area contributed by atoms with Gasteiger partial charge in [0.05, 0.1) is 28.1 Å². The number of H-pyrrole nitrogens is 2. The second kappa shape index (κ2) is 8.19. The monoisotopic (exact) mass is 428 g/mol. The molecule has 2 unspecified atom stereocenters. The molecule has 1 aromatic carbocycles. The molecule has 2 aromatic rings. The average Bonchev–Trinajstić information content (AvgIpc) is 3.24. The van der Waals surface area contributed by atoms with Crippen LogP contribution in [0.1, 0.15) is 36.8 Å². The number of rotatable bonds is 5. The van der Waals surface area contributed by atoms with Crippen molar-refractivity contribution < 1.29 is 19.2 Å². The molecule has 4 rings (SSSR count). The molecule has 3 N–H and O–H groups in total. The van der Waals surface area contributed by atoms with Gasteiger partial charge in [0, 0.05) is 23.9 Å². The minimum absolute atomic E-state index is 0.0106. The Labute approximate surface area is 175 Å². The van der Waals surface area contributed by atoms with Crippen LogP contribution in [0.2, 0.25) is 0 Å². The van der Waals surface area contributed by atoms with Crippen molar-refractivity contribution in [3.05, 3.63) is 77.6 Å². The predicted molar refractivity (Wildman–Crippen MR) is 109 cm³/mol. The number of benzene rings is 1. The number of nitrogens with zero attached hydrogens (tertiary/aromatic N) is 1. The molecule has 2 atom stereocenters. The Morgan fingerprint density at radius 1 is 1.29 bits per heavy atom. The van der Waals surface area contributed by atoms with E-state index in [9.17, 15) is 24.5 Å². The number of hydrogen-bond acceptors (Lipinski definition) is 8. The molecule has 0 aliphatic carbocycles. The number of nitrogens with one attached hydrogen (secondary N) is 3. The lowest BCUT2D eigenvalue weighted by molar-refractivity contribution is -0.385. The van der Waals surface area contributed by atoms with E-state index in [2.05, 4.69) is 15.3 Å². The van der Waals surface area contributed by atoms with Crippen molar-refractivity contribution in [1.82, 2.24) is 9.97 Å². The quantitative estimate of drug-likeness (QED) is 0.368. The number of esters is 1. The van der Waals surface area contributed by atoms with Gasteiger partial charge in [-0.05, 0) is 19.8 Å². The van der Waals surface area contributed by atoms with Crippen molar-refractivity contribution >= 4 is 17.5 Å². The van der Waals surface area contributed by atoms with Gasteiger partial charge in [0.2, 0.25) is 0 Å². The van der Waals surface area contributed by atoms with Crippen LogP contribution in [-0.4, -0.2) is 40.2 Å². The summed E-state index contributed by atoms with van der Waals surface area (Å²) in [6.45, 7) is 2.21. The number of nitro benzene ring substituents is 1. The molecule has 2 aliphatic rings. The van der Waals surface area contributed by atoms with E-state index in [0.717, 1.165) is 12.8 Å². The Morgan fingerprint density at radius 3 is 2.77 bits per heavy atom. The summed E-state index contributed by atoms with van der Waals surface area (Å²) in [5.74, 6) is -1.76. The van der Waals surface area contributed by atoms with Gasteiger partial charge < -0.3 is 14.8 Å². The van der Waals surface area contributed by atoms with Crippen molar-refractivity contribution in [2.24, 2.45) is 0 Å².